The third kappa shape index (κ3) is 2.57. The Morgan fingerprint density at radius 1 is 1.50 bits per heavy atom. The Bertz CT molecular complexity index is 418. The number of benzene rings is 1. The topological polar surface area (TPSA) is 69.1 Å². The van der Waals surface area contributed by atoms with Crippen LogP contribution in [0.25, 0.3) is 0 Å². The number of hydrogen-bond donors (Lipinski definition) is 2. The molecule has 1 aromatic rings. The fourth-order valence-electron chi connectivity index (χ4n) is 0.972. The molecule has 0 unspecified atom stereocenters. The van der Waals surface area contributed by atoms with Crippen molar-refractivity contribution in [2.75, 3.05) is 0 Å². The standard InChI is InChI=1S/C10H9FN2O/c11-9-3-1-8(6-12)7(5-9)2-4-10(13)14/h1,3,5H,6,12H2,(H2,13,14). The molecular formula is C10H9FN2O. The molecule has 72 valence electrons. The molecule has 0 fully saturated rings. The van der Waals surface area contributed by atoms with Crippen molar-refractivity contribution >= 4 is 5.91 Å². The molecule has 1 rings (SSSR count). The van der Waals surface area contributed by atoms with E-state index >= 15 is 0 Å². The van der Waals surface area contributed by atoms with Crippen LogP contribution in [-0.2, 0) is 11.3 Å². The van der Waals surface area contributed by atoms with Crippen LogP contribution in [0, 0.1) is 17.7 Å². The molecule has 3 nitrogen and oxygen atoms in total. The number of rotatable bonds is 1. The summed E-state index contributed by atoms with van der Waals surface area (Å²) in [4.78, 5) is 10.4. The highest BCUT2D eigenvalue weighted by atomic mass is 19.1. The molecular weight excluding hydrogens is 183 g/mol. The van der Waals surface area contributed by atoms with Gasteiger partial charge in [-0.15, -0.1) is 0 Å². The van der Waals surface area contributed by atoms with Crippen molar-refractivity contribution in [3.05, 3.63) is 35.1 Å². The normalized spacial score (nSPS) is 9.00. The largest absolute Gasteiger partial charge is 0.359 e. The minimum atomic E-state index is -0.753. The van der Waals surface area contributed by atoms with E-state index in [0.717, 1.165) is 0 Å². The molecule has 4 heteroatoms. The van der Waals surface area contributed by atoms with E-state index in [2.05, 4.69) is 11.8 Å². The number of nitrogens with two attached hydrogens (primary N) is 2. The van der Waals surface area contributed by atoms with Gasteiger partial charge in [0.1, 0.15) is 5.82 Å². The van der Waals surface area contributed by atoms with Crippen LogP contribution >= 0.6 is 0 Å². The summed E-state index contributed by atoms with van der Waals surface area (Å²) >= 11 is 0. The van der Waals surface area contributed by atoms with Crippen LogP contribution in [-0.4, -0.2) is 5.91 Å². The second kappa shape index (κ2) is 4.40. The molecule has 0 aromatic heterocycles. The predicted molar refractivity (Wildman–Crippen MR) is 50.4 cm³/mol. The summed E-state index contributed by atoms with van der Waals surface area (Å²) in [6.45, 7) is 0.239. The zero-order valence-corrected chi connectivity index (χ0v) is 7.38. The summed E-state index contributed by atoms with van der Waals surface area (Å²) in [5.41, 5.74) is 11.3. The zero-order valence-electron chi connectivity index (χ0n) is 7.38. The van der Waals surface area contributed by atoms with Crippen LogP contribution in [0.4, 0.5) is 4.39 Å². The maximum atomic E-state index is 12.8. The van der Waals surface area contributed by atoms with Gasteiger partial charge in [-0.05, 0) is 23.6 Å². The molecule has 0 aliphatic rings. The number of carbonyl (C=O) groups is 1. The van der Waals surface area contributed by atoms with E-state index in [-0.39, 0.29) is 6.54 Å². The second-order valence-corrected chi connectivity index (χ2v) is 2.62. The van der Waals surface area contributed by atoms with E-state index in [9.17, 15) is 9.18 Å². The van der Waals surface area contributed by atoms with E-state index in [1.54, 1.807) is 0 Å². The third-order valence-corrected chi connectivity index (χ3v) is 1.61. The Kier molecular flexibility index (Phi) is 3.21. The Morgan fingerprint density at radius 3 is 2.79 bits per heavy atom. The van der Waals surface area contributed by atoms with E-state index in [1.807, 2.05) is 0 Å². The Labute approximate surface area is 80.9 Å². The number of hydrogen-bond acceptors (Lipinski definition) is 2. The molecule has 14 heavy (non-hydrogen) atoms. The summed E-state index contributed by atoms with van der Waals surface area (Å²) < 4.78 is 12.8. The van der Waals surface area contributed by atoms with Gasteiger partial charge < -0.3 is 11.5 Å². The smallest absolute Gasteiger partial charge is 0.293 e. The summed E-state index contributed by atoms with van der Waals surface area (Å²) in [7, 11) is 0. The molecule has 4 N–H and O–H groups in total. The van der Waals surface area contributed by atoms with Gasteiger partial charge in [0.25, 0.3) is 5.91 Å². The van der Waals surface area contributed by atoms with Crippen molar-refractivity contribution in [2.24, 2.45) is 11.5 Å². The van der Waals surface area contributed by atoms with E-state index in [1.165, 1.54) is 18.2 Å². The molecule has 0 aliphatic carbocycles. The lowest BCUT2D eigenvalue weighted by Crippen LogP contribution is -2.06. The van der Waals surface area contributed by atoms with Crippen LogP contribution in [0.5, 0.6) is 0 Å². The quantitative estimate of drug-likeness (QED) is 0.620. The molecule has 0 saturated heterocycles. The maximum absolute atomic E-state index is 12.8. The van der Waals surface area contributed by atoms with Crippen molar-refractivity contribution in [1.82, 2.24) is 0 Å². The van der Waals surface area contributed by atoms with Crippen LogP contribution in [0.2, 0.25) is 0 Å². The lowest BCUT2D eigenvalue weighted by Gasteiger charge is -2.00. The van der Waals surface area contributed by atoms with Crippen LogP contribution in [0.3, 0.4) is 0 Å². The van der Waals surface area contributed by atoms with Gasteiger partial charge in [-0.25, -0.2) is 4.39 Å². The first-order chi connectivity index (χ1) is 6.63. The van der Waals surface area contributed by atoms with Crippen LogP contribution in [0.1, 0.15) is 11.1 Å². The van der Waals surface area contributed by atoms with Crippen LogP contribution < -0.4 is 11.5 Å². The van der Waals surface area contributed by atoms with Gasteiger partial charge in [0.15, 0.2) is 0 Å². The highest BCUT2D eigenvalue weighted by molar-refractivity contribution is 5.92. The highest BCUT2D eigenvalue weighted by Gasteiger charge is 1.99. The fourth-order valence-corrected chi connectivity index (χ4v) is 0.972. The average molecular weight is 192 g/mol. The third-order valence-electron chi connectivity index (χ3n) is 1.61. The summed E-state index contributed by atoms with van der Waals surface area (Å²) in [6.07, 6.45) is 0. The number of primary amides is 1. The van der Waals surface area contributed by atoms with Gasteiger partial charge in [-0.3, -0.25) is 4.79 Å². The lowest BCUT2D eigenvalue weighted by atomic mass is 10.1. The first-order valence-electron chi connectivity index (χ1n) is 3.93. The van der Waals surface area contributed by atoms with Gasteiger partial charge in [0, 0.05) is 12.1 Å². The lowest BCUT2D eigenvalue weighted by molar-refractivity contribution is -0.112. The molecule has 0 heterocycles. The molecule has 0 radical (unpaired) electrons. The number of carbonyl (C=O) groups excluding carboxylic acids is 1. The number of amides is 1. The molecule has 0 bridgehead atoms. The second-order valence-electron chi connectivity index (χ2n) is 2.62. The minimum absolute atomic E-state index is 0.239. The van der Waals surface area contributed by atoms with E-state index in [4.69, 9.17) is 11.5 Å². The fraction of sp³-hybridized carbons (Fsp3) is 0.100. The van der Waals surface area contributed by atoms with Gasteiger partial charge >= 0.3 is 0 Å². The zero-order chi connectivity index (χ0) is 10.6. The number of halogens is 1. The van der Waals surface area contributed by atoms with Crippen molar-refractivity contribution in [2.45, 2.75) is 6.54 Å². The molecule has 0 saturated carbocycles. The Hall–Kier alpha value is -1.86. The van der Waals surface area contributed by atoms with Gasteiger partial charge in [0.05, 0.1) is 0 Å². The average Bonchev–Trinajstić information content (AvgIpc) is 2.15. The van der Waals surface area contributed by atoms with Crippen molar-refractivity contribution in [1.29, 1.82) is 0 Å². The highest BCUT2D eigenvalue weighted by Crippen LogP contribution is 2.09. The maximum Gasteiger partial charge on any atom is 0.293 e. The van der Waals surface area contributed by atoms with Gasteiger partial charge in [0.2, 0.25) is 0 Å². The molecule has 0 aliphatic heterocycles. The molecule has 1 aromatic carbocycles. The van der Waals surface area contributed by atoms with Gasteiger partial charge in [-0.2, -0.15) is 0 Å². The summed E-state index contributed by atoms with van der Waals surface area (Å²) in [5, 5.41) is 0. The first-order valence-corrected chi connectivity index (χ1v) is 3.93. The predicted octanol–water partition coefficient (Wildman–Crippen LogP) is 0.121. The molecule has 0 atom stereocenters. The molecule has 1 amide bonds. The Balaban J connectivity index is 3.13. The first kappa shape index (κ1) is 10.2. The van der Waals surface area contributed by atoms with Gasteiger partial charge in [-0.1, -0.05) is 12.0 Å². The van der Waals surface area contributed by atoms with E-state index < -0.39 is 11.7 Å². The van der Waals surface area contributed by atoms with Crippen molar-refractivity contribution < 1.29 is 9.18 Å². The SMILES string of the molecule is NCc1ccc(F)cc1C#CC(N)=O. The van der Waals surface area contributed by atoms with E-state index in [0.29, 0.717) is 11.1 Å². The summed E-state index contributed by atoms with van der Waals surface area (Å²) in [6, 6.07) is 4.04. The molecule has 0 spiro atoms. The van der Waals surface area contributed by atoms with Crippen LogP contribution in [0.15, 0.2) is 18.2 Å². The summed E-state index contributed by atoms with van der Waals surface area (Å²) in [5.74, 6) is 3.42. The van der Waals surface area contributed by atoms with Crippen molar-refractivity contribution in [3.63, 3.8) is 0 Å². The Morgan fingerprint density at radius 2 is 2.21 bits per heavy atom. The minimum Gasteiger partial charge on any atom is -0.359 e. The van der Waals surface area contributed by atoms with Crippen molar-refractivity contribution in [3.8, 4) is 11.8 Å². The monoisotopic (exact) mass is 192 g/mol.